The zero-order valence-corrected chi connectivity index (χ0v) is 15.9. The van der Waals surface area contributed by atoms with E-state index in [4.69, 9.17) is 4.74 Å². The van der Waals surface area contributed by atoms with E-state index in [1.807, 2.05) is 30.3 Å². The fourth-order valence-corrected chi connectivity index (χ4v) is 4.48. The first-order valence-corrected chi connectivity index (χ1v) is 10.3. The number of benzene rings is 2. The van der Waals surface area contributed by atoms with Gasteiger partial charge < -0.3 is 4.74 Å². The first kappa shape index (κ1) is 17.5. The number of rotatable bonds is 5. The lowest BCUT2D eigenvalue weighted by Gasteiger charge is -2.26. The van der Waals surface area contributed by atoms with Crippen molar-refractivity contribution < 1.29 is 13.2 Å². The zero-order chi connectivity index (χ0) is 17.2. The van der Waals surface area contributed by atoms with E-state index in [0.29, 0.717) is 17.9 Å². The van der Waals surface area contributed by atoms with Gasteiger partial charge >= 0.3 is 0 Å². The van der Waals surface area contributed by atoms with Gasteiger partial charge in [-0.2, -0.15) is 0 Å². The average Bonchev–Trinajstić information content (AvgIpc) is 2.55. The van der Waals surface area contributed by atoms with Crippen molar-refractivity contribution >= 4 is 26.0 Å². The summed E-state index contributed by atoms with van der Waals surface area (Å²) >= 11 is 3.43. The molecule has 128 valence electrons. The molecule has 0 unspecified atom stereocenters. The van der Waals surface area contributed by atoms with E-state index < -0.39 is 10.0 Å². The van der Waals surface area contributed by atoms with E-state index in [9.17, 15) is 8.42 Å². The number of ether oxygens (including phenoxy) is 1. The molecular weight excluding hydrogens is 390 g/mol. The van der Waals surface area contributed by atoms with E-state index in [-0.39, 0.29) is 6.04 Å². The van der Waals surface area contributed by atoms with Gasteiger partial charge in [0, 0.05) is 4.47 Å². The van der Waals surface area contributed by atoms with Gasteiger partial charge in [-0.15, -0.1) is 0 Å². The van der Waals surface area contributed by atoms with Gasteiger partial charge in [-0.25, -0.2) is 13.1 Å². The van der Waals surface area contributed by atoms with Gasteiger partial charge in [-0.1, -0.05) is 41.4 Å². The third-order valence-electron chi connectivity index (χ3n) is 4.02. The summed E-state index contributed by atoms with van der Waals surface area (Å²) in [5.41, 5.74) is 2.15. The highest BCUT2D eigenvalue weighted by Crippen LogP contribution is 2.28. The molecule has 6 heteroatoms. The summed E-state index contributed by atoms with van der Waals surface area (Å²) in [6.45, 7) is 2.44. The van der Waals surface area contributed by atoms with Gasteiger partial charge in [-0.05, 0) is 54.3 Å². The molecule has 24 heavy (non-hydrogen) atoms. The van der Waals surface area contributed by atoms with Crippen molar-refractivity contribution in [1.82, 2.24) is 4.72 Å². The van der Waals surface area contributed by atoms with Crippen LogP contribution < -0.4 is 9.46 Å². The molecule has 1 aliphatic heterocycles. The largest absolute Gasteiger partial charge is 0.492 e. The van der Waals surface area contributed by atoms with Gasteiger partial charge in [0.1, 0.15) is 12.4 Å². The maximum absolute atomic E-state index is 12.6. The summed E-state index contributed by atoms with van der Waals surface area (Å²) in [4.78, 5) is 0.294. The molecule has 0 amide bonds. The van der Waals surface area contributed by atoms with E-state index in [1.54, 1.807) is 12.1 Å². The van der Waals surface area contributed by atoms with Crippen molar-refractivity contribution in [3.63, 3.8) is 0 Å². The standard InChI is InChI=1S/C18H20BrNO3S/c1-2-3-13-4-7-17(8-5-13)24(21,22)20-16-11-14-10-15(19)6-9-18(14)23-12-16/h4-10,16,20H,2-3,11-12H2,1H3/t16-/m0/s1. The molecule has 0 saturated heterocycles. The van der Waals surface area contributed by atoms with E-state index in [0.717, 1.165) is 34.2 Å². The Morgan fingerprint density at radius 3 is 2.67 bits per heavy atom. The maximum atomic E-state index is 12.6. The van der Waals surface area contributed by atoms with E-state index in [1.165, 1.54) is 0 Å². The van der Waals surface area contributed by atoms with Crippen LogP contribution in [0, 0.1) is 0 Å². The Hall–Kier alpha value is -1.37. The number of nitrogens with one attached hydrogen (secondary N) is 1. The van der Waals surface area contributed by atoms with Crippen LogP contribution in [0.2, 0.25) is 0 Å². The summed E-state index contributed by atoms with van der Waals surface area (Å²) in [7, 11) is -3.55. The number of sulfonamides is 1. The molecule has 0 aliphatic carbocycles. The molecule has 2 aromatic carbocycles. The number of halogens is 1. The van der Waals surface area contributed by atoms with Gasteiger partial charge in [0.05, 0.1) is 10.9 Å². The predicted molar refractivity (Wildman–Crippen MR) is 97.9 cm³/mol. The molecule has 1 heterocycles. The summed E-state index contributed by atoms with van der Waals surface area (Å²) in [6, 6.07) is 12.6. The molecule has 0 saturated carbocycles. The second-order valence-electron chi connectivity index (χ2n) is 5.98. The highest BCUT2D eigenvalue weighted by Gasteiger charge is 2.25. The SMILES string of the molecule is CCCc1ccc(S(=O)(=O)N[C@@H]2COc3ccc(Br)cc3C2)cc1. The maximum Gasteiger partial charge on any atom is 0.240 e. The summed E-state index contributed by atoms with van der Waals surface area (Å²) in [5, 5.41) is 0. The monoisotopic (exact) mass is 409 g/mol. The highest BCUT2D eigenvalue weighted by molar-refractivity contribution is 9.10. The summed E-state index contributed by atoms with van der Waals surface area (Å²) in [6.07, 6.45) is 2.61. The molecule has 2 aromatic rings. The Balaban J connectivity index is 1.73. The Morgan fingerprint density at radius 2 is 1.96 bits per heavy atom. The van der Waals surface area contributed by atoms with E-state index >= 15 is 0 Å². The van der Waals surface area contributed by atoms with Crippen LogP contribution in [-0.4, -0.2) is 21.1 Å². The molecule has 1 atom stereocenters. The Bertz CT molecular complexity index is 819. The first-order valence-electron chi connectivity index (χ1n) is 8.00. The van der Waals surface area contributed by atoms with Crippen molar-refractivity contribution in [3.8, 4) is 5.75 Å². The molecule has 1 aliphatic rings. The van der Waals surface area contributed by atoms with Crippen LogP contribution in [0.25, 0.3) is 0 Å². The molecule has 0 fully saturated rings. The van der Waals surface area contributed by atoms with Crippen molar-refractivity contribution in [2.75, 3.05) is 6.61 Å². The Morgan fingerprint density at radius 1 is 1.21 bits per heavy atom. The minimum Gasteiger partial charge on any atom is -0.492 e. The van der Waals surface area contributed by atoms with Crippen LogP contribution in [-0.2, 0) is 22.9 Å². The predicted octanol–water partition coefficient (Wildman–Crippen LogP) is 3.68. The number of fused-ring (bicyclic) bond motifs is 1. The minimum absolute atomic E-state index is 0.271. The number of hydrogen-bond donors (Lipinski definition) is 1. The van der Waals surface area contributed by atoms with Crippen LogP contribution in [0.4, 0.5) is 0 Å². The lowest BCUT2D eigenvalue weighted by molar-refractivity contribution is 0.254. The molecular formula is C18H20BrNO3S. The van der Waals surface area contributed by atoms with Crippen LogP contribution >= 0.6 is 15.9 Å². The first-order chi connectivity index (χ1) is 11.5. The van der Waals surface area contributed by atoms with Crippen LogP contribution in [0.5, 0.6) is 5.75 Å². The quantitative estimate of drug-likeness (QED) is 0.818. The summed E-state index contributed by atoms with van der Waals surface area (Å²) < 4.78 is 34.5. The number of aryl methyl sites for hydroxylation is 1. The van der Waals surface area contributed by atoms with Gasteiger partial charge in [0.15, 0.2) is 0 Å². The van der Waals surface area contributed by atoms with Gasteiger partial charge in [0.2, 0.25) is 10.0 Å². The van der Waals surface area contributed by atoms with Crippen LogP contribution in [0.3, 0.4) is 0 Å². The van der Waals surface area contributed by atoms with Crippen molar-refractivity contribution in [3.05, 3.63) is 58.1 Å². The van der Waals surface area contributed by atoms with Gasteiger partial charge in [0.25, 0.3) is 0 Å². The van der Waals surface area contributed by atoms with Crippen molar-refractivity contribution in [2.45, 2.75) is 37.1 Å². The lowest BCUT2D eigenvalue weighted by Crippen LogP contribution is -2.42. The smallest absolute Gasteiger partial charge is 0.240 e. The summed E-state index contributed by atoms with van der Waals surface area (Å²) in [5.74, 6) is 0.817. The molecule has 0 spiro atoms. The third-order valence-corrected chi connectivity index (χ3v) is 6.05. The second-order valence-corrected chi connectivity index (χ2v) is 8.61. The molecule has 0 radical (unpaired) electrons. The highest BCUT2D eigenvalue weighted by atomic mass is 79.9. The Kier molecular flexibility index (Phi) is 5.27. The van der Waals surface area contributed by atoms with Crippen LogP contribution in [0.15, 0.2) is 51.8 Å². The average molecular weight is 410 g/mol. The third kappa shape index (κ3) is 3.99. The topological polar surface area (TPSA) is 55.4 Å². The molecule has 0 aromatic heterocycles. The fourth-order valence-electron chi connectivity index (χ4n) is 2.85. The van der Waals surface area contributed by atoms with Crippen LogP contribution in [0.1, 0.15) is 24.5 Å². The fraction of sp³-hybridized carbons (Fsp3) is 0.333. The Labute approximate surface area is 151 Å². The van der Waals surface area contributed by atoms with E-state index in [2.05, 4.69) is 27.6 Å². The molecule has 4 nitrogen and oxygen atoms in total. The molecule has 3 rings (SSSR count). The second kappa shape index (κ2) is 7.25. The van der Waals surface area contributed by atoms with Crippen molar-refractivity contribution in [1.29, 1.82) is 0 Å². The normalized spacial score (nSPS) is 17.2. The molecule has 1 N–H and O–H groups in total. The lowest BCUT2D eigenvalue weighted by atomic mass is 10.0. The zero-order valence-electron chi connectivity index (χ0n) is 13.5. The minimum atomic E-state index is -3.55. The molecule has 0 bridgehead atoms. The van der Waals surface area contributed by atoms with Crippen molar-refractivity contribution in [2.24, 2.45) is 0 Å². The van der Waals surface area contributed by atoms with Gasteiger partial charge in [-0.3, -0.25) is 0 Å². The number of hydrogen-bond acceptors (Lipinski definition) is 3.